The van der Waals surface area contributed by atoms with Gasteiger partial charge in [-0.1, -0.05) is 47.5 Å². The highest BCUT2D eigenvalue weighted by molar-refractivity contribution is 6.36. The fourth-order valence-corrected chi connectivity index (χ4v) is 8.76. The number of nitrogens with two attached hydrogens (primary N) is 1. The molecule has 12 heteroatoms. The summed E-state index contributed by atoms with van der Waals surface area (Å²) < 4.78 is 45.0. The number of hydrogen-bond donors (Lipinski definition) is 2. The van der Waals surface area contributed by atoms with Crippen LogP contribution in [0, 0.1) is 0 Å². The second kappa shape index (κ2) is 15.1. The summed E-state index contributed by atoms with van der Waals surface area (Å²) in [6.45, 7) is 5.67. The van der Waals surface area contributed by atoms with Gasteiger partial charge in [0.05, 0.1) is 5.54 Å². The number of ether oxygens (including phenoxy) is 1. The van der Waals surface area contributed by atoms with Gasteiger partial charge >= 0.3 is 6.36 Å². The van der Waals surface area contributed by atoms with Crippen molar-refractivity contribution in [1.29, 1.82) is 0 Å². The average Bonchev–Trinajstić information content (AvgIpc) is 3.56. The molecule has 51 heavy (non-hydrogen) atoms. The number of nitrogens with one attached hydrogen (secondary N) is 1. The topological polar surface area (TPSA) is 75.8 Å². The van der Waals surface area contributed by atoms with Crippen molar-refractivity contribution in [3.05, 3.63) is 88.0 Å². The SMILES string of the molecule is NC1(C(=O)CCCCn2cc(-c3ccc(OC(F)(F)F)cc3)c3cc(CN4C5CCC4CN(Cc4c(Cl)cccc4Cl)C5)ccc32)CCNCC1. The number of fused-ring (bicyclic) bond motifs is 3. The number of piperazine rings is 1. The maximum Gasteiger partial charge on any atom is 0.573 e. The first-order valence-corrected chi connectivity index (χ1v) is 18.6. The van der Waals surface area contributed by atoms with Crippen molar-refractivity contribution >= 4 is 39.9 Å². The van der Waals surface area contributed by atoms with Gasteiger partial charge in [-0.05, 0) is 99.1 Å². The number of carbonyl (C=O) groups is 1. The highest BCUT2D eigenvalue weighted by atomic mass is 35.5. The maximum atomic E-state index is 13.0. The molecular weight excluding hydrogens is 698 g/mol. The lowest BCUT2D eigenvalue weighted by molar-refractivity contribution is -0.274. The number of nitrogens with zero attached hydrogens (tertiary/aromatic N) is 3. The van der Waals surface area contributed by atoms with Crippen molar-refractivity contribution in [2.75, 3.05) is 26.2 Å². The lowest BCUT2D eigenvalue weighted by atomic mass is 9.83. The third-order valence-electron chi connectivity index (χ3n) is 11.0. The van der Waals surface area contributed by atoms with Crippen LogP contribution < -0.4 is 15.8 Å². The summed E-state index contributed by atoms with van der Waals surface area (Å²) in [4.78, 5) is 18.1. The normalized spacial score (nSPS) is 21.0. The Kier molecular flexibility index (Phi) is 10.7. The molecule has 3 aliphatic rings. The first-order valence-electron chi connectivity index (χ1n) is 17.9. The lowest BCUT2D eigenvalue weighted by Gasteiger charge is -2.41. The van der Waals surface area contributed by atoms with E-state index in [2.05, 4.69) is 48.8 Å². The fourth-order valence-electron chi connectivity index (χ4n) is 8.24. The second-order valence-electron chi connectivity index (χ2n) is 14.4. The molecule has 3 fully saturated rings. The molecule has 0 spiro atoms. The number of hydrogen-bond acceptors (Lipinski definition) is 6. The Morgan fingerprint density at radius 3 is 2.29 bits per heavy atom. The van der Waals surface area contributed by atoms with E-state index in [-0.39, 0.29) is 11.5 Å². The van der Waals surface area contributed by atoms with E-state index in [9.17, 15) is 18.0 Å². The molecule has 2 atom stereocenters. The number of Topliss-reactive ketones (excluding diaryl/α,β-unsaturated/α-hetero) is 1. The number of piperidine rings is 1. The molecule has 3 aliphatic heterocycles. The largest absolute Gasteiger partial charge is 0.573 e. The van der Waals surface area contributed by atoms with Crippen molar-refractivity contribution in [3.63, 3.8) is 0 Å². The van der Waals surface area contributed by atoms with Crippen molar-refractivity contribution in [3.8, 4) is 16.9 Å². The number of unbranched alkanes of at least 4 members (excludes halogenated alkanes) is 1. The number of aromatic nitrogens is 1. The Morgan fingerprint density at radius 2 is 1.63 bits per heavy atom. The predicted molar refractivity (Wildman–Crippen MR) is 196 cm³/mol. The van der Waals surface area contributed by atoms with Gasteiger partial charge in [-0.2, -0.15) is 0 Å². The summed E-state index contributed by atoms with van der Waals surface area (Å²) in [5.74, 6) is -0.117. The number of rotatable bonds is 12. The number of aryl methyl sites for hydroxylation is 1. The van der Waals surface area contributed by atoms with Crippen LogP contribution in [0.1, 0.15) is 56.1 Å². The Bertz CT molecular complexity index is 1820. The molecule has 272 valence electrons. The monoisotopic (exact) mass is 741 g/mol. The molecule has 4 heterocycles. The summed E-state index contributed by atoms with van der Waals surface area (Å²) in [7, 11) is 0. The molecular formula is C39H44Cl2F3N5O2. The minimum Gasteiger partial charge on any atom is -0.406 e. The highest BCUT2D eigenvalue weighted by Crippen LogP contribution is 2.37. The van der Waals surface area contributed by atoms with Crippen LogP contribution in [0.4, 0.5) is 13.2 Å². The molecule has 2 bridgehead atoms. The molecule has 0 radical (unpaired) electrons. The van der Waals surface area contributed by atoms with E-state index in [4.69, 9.17) is 28.9 Å². The van der Waals surface area contributed by atoms with Gasteiger partial charge in [0, 0.05) is 89.5 Å². The number of likely N-dealkylation sites (tertiary alicyclic amines) is 1. The molecule has 4 aromatic rings. The van der Waals surface area contributed by atoms with E-state index < -0.39 is 11.9 Å². The van der Waals surface area contributed by atoms with E-state index in [1.54, 1.807) is 12.1 Å². The zero-order valence-corrected chi connectivity index (χ0v) is 30.0. The first-order chi connectivity index (χ1) is 24.5. The van der Waals surface area contributed by atoms with Crippen LogP contribution in [0.25, 0.3) is 22.0 Å². The van der Waals surface area contributed by atoms with Crippen LogP contribution >= 0.6 is 23.2 Å². The van der Waals surface area contributed by atoms with Crippen LogP contribution in [0.2, 0.25) is 10.0 Å². The Labute approximate surface area is 306 Å². The van der Waals surface area contributed by atoms with Crippen molar-refractivity contribution in [1.82, 2.24) is 19.7 Å². The van der Waals surface area contributed by atoms with Gasteiger partial charge in [0.15, 0.2) is 5.78 Å². The van der Waals surface area contributed by atoms with Gasteiger partial charge in [-0.15, -0.1) is 13.2 Å². The molecule has 2 unspecified atom stereocenters. The number of ketones is 1. The van der Waals surface area contributed by atoms with Gasteiger partial charge in [0.25, 0.3) is 0 Å². The quantitative estimate of drug-likeness (QED) is 0.143. The summed E-state index contributed by atoms with van der Waals surface area (Å²) in [5, 5.41) is 5.71. The van der Waals surface area contributed by atoms with E-state index in [1.807, 2.05) is 18.2 Å². The van der Waals surface area contributed by atoms with Crippen LogP contribution in [0.5, 0.6) is 5.75 Å². The van der Waals surface area contributed by atoms with Gasteiger partial charge in [-0.3, -0.25) is 14.6 Å². The molecule has 1 aromatic heterocycles. The van der Waals surface area contributed by atoms with E-state index in [0.717, 1.165) is 92.5 Å². The predicted octanol–water partition coefficient (Wildman–Crippen LogP) is 8.18. The van der Waals surface area contributed by atoms with Crippen LogP contribution in [0.3, 0.4) is 0 Å². The molecule has 3 saturated heterocycles. The van der Waals surface area contributed by atoms with Crippen molar-refractivity contribution in [2.45, 2.75) is 88.6 Å². The summed E-state index contributed by atoms with van der Waals surface area (Å²) >= 11 is 13.0. The minimum absolute atomic E-state index is 0.135. The van der Waals surface area contributed by atoms with Crippen LogP contribution in [-0.4, -0.2) is 70.3 Å². The fraction of sp³-hybridized carbons (Fsp3) is 0.462. The number of benzene rings is 3. The molecule has 3 N–H and O–H groups in total. The summed E-state index contributed by atoms with van der Waals surface area (Å²) in [6.07, 6.45) is 2.93. The minimum atomic E-state index is -4.75. The summed E-state index contributed by atoms with van der Waals surface area (Å²) in [6, 6.07) is 19.2. The molecule has 7 nitrogen and oxygen atoms in total. The molecule has 0 aliphatic carbocycles. The van der Waals surface area contributed by atoms with Gasteiger partial charge < -0.3 is 20.4 Å². The Morgan fingerprint density at radius 1 is 0.941 bits per heavy atom. The average molecular weight is 743 g/mol. The van der Waals surface area contributed by atoms with Crippen molar-refractivity contribution in [2.24, 2.45) is 5.73 Å². The smallest absolute Gasteiger partial charge is 0.406 e. The number of alkyl halides is 3. The van der Waals surface area contributed by atoms with E-state index >= 15 is 0 Å². The Balaban J connectivity index is 1.08. The summed E-state index contributed by atoms with van der Waals surface area (Å²) in [5.41, 5.74) is 10.7. The van der Waals surface area contributed by atoms with Gasteiger partial charge in [-0.25, -0.2) is 0 Å². The molecule has 3 aromatic carbocycles. The molecule has 7 rings (SSSR count). The standard InChI is InChI=1S/C39H44Cl2F3N5O2/c40-34-4-3-5-35(41)33(34)24-47-22-28-10-11-29(23-47)49(28)21-26-7-14-36-31(20-26)32(27-8-12-30(13-9-27)51-39(42,43)44)25-48(36)19-2-1-6-37(50)38(45)15-17-46-18-16-38/h3-5,7-9,12-14,20,25,28-29,46H,1-2,6,10-11,15-19,21-24,45H2. The zero-order chi connectivity index (χ0) is 35.8. The number of carbonyl (C=O) groups excluding carboxylic acids is 1. The van der Waals surface area contributed by atoms with Gasteiger partial charge in [0.2, 0.25) is 0 Å². The highest BCUT2D eigenvalue weighted by Gasteiger charge is 2.40. The first kappa shape index (κ1) is 36.2. The van der Waals surface area contributed by atoms with E-state index in [1.165, 1.54) is 17.7 Å². The number of halogens is 5. The van der Waals surface area contributed by atoms with Crippen LogP contribution in [-0.2, 0) is 24.4 Å². The molecule has 0 amide bonds. The third-order valence-corrected chi connectivity index (χ3v) is 11.7. The van der Waals surface area contributed by atoms with Gasteiger partial charge in [0.1, 0.15) is 5.75 Å². The molecule has 0 saturated carbocycles. The maximum absolute atomic E-state index is 13.0. The lowest BCUT2D eigenvalue weighted by Crippen LogP contribution is -2.54. The second-order valence-corrected chi connectivity index (χ2v) is 15.2. The van der Waals surface area contributed by atoms with Crippen molar-refractivity contribution < 1.29 is 22.7 Å². The third kappa shape index (κ3) is 8.27. The van der Waals surface area contributed by atoms with E-state index in [0.29, 0.717) is 47.9 Å². The Hall–Kier alpha value is -3.12. The van der Waals surface area contributed by atoms with Crippen LogP contribution in [0.15, 0.2) is 66.9 Å². The zero-order valence-electron chi connectivity index (χ0n) is 28.5.